The first-order chi connectivity index (χ1) is 18.2. The quantitative estimate of drug-likeness (QED) is 0.0611. The second-order valence-corrected chi connectivity index (χ2v) is 12.9. The molecule has 0 aliphatic carbocycles. The zero-order chi connectivity index (χ0) is 27.1. The minimum atomic E-state index is 0.231. The van der Waals surface area contributed by atoms with E-state index in [9.17, 15) is 0 Å². The molecule has 0 aromatic heterocycles. The van der Waals surface area contributed by atoms with E-state index in [1.54, 1.807) is 0 Å². The molecule has 0 N–H and O–H groups in total. The Balaban J connectivity index is 4.22. The molecule has 0 spiro atoms. The Hall–Kier alpha value is 0.177. The van der Waals surface area contributed by atoms with Crippen LogP contribution in [0.4, 0.5) is 0 Å². The molecule has 0 radical (unpaired) electrons. The van der Waals surface area contributed by atoms with Crippen molar-refractivity contribution in [3.8, 4) is 0 Å². The number of rotatable bonds is 32. The minimum Gasteiger partial charge on any atom is -0.422 e. The smallest absolute Gasteiger partial charge is 0.146 e. The van der Waals surface area contributed by atoms with Gasteiger partial charge < -0.3 is 4.43 Å². The van der Waals surface area contributed by atoms with Crippen molar-refractivity contribution < 1.29 is 4.43 Å². The molecule has 0 saturated heterocycles. The molecular formula is C35H74OSi. The third-order valence-electron chi connectivity index (χ3n) is 8.89. The lowest BCUT2D eigenvalue weighted by molar-refractivity contribution is 0.0422. The van der Waals surface area contributed by atoms with Crippen molar-refractivity contribution in [1.82, 2.24) is 0 Å². The molecule has 2 heteroatoms. The number of unbranched alkanes of at least 4 members (excludes halogenated alkanes) is 25. The molecule has 224 valence electrons. The average molecular weight is 539 g/mol. The van der Waals surface area contributed by atoms with Crippen LogP contribution >= 0.6 is 0 Å². The predicted octanol–water partition coefficient (Wildman–Crippen LogP) is 12.2. The second-order valence-electron chi connectivity index (χ2n) is 12.5. The van der Waals surface area contributed by atoms with E-state index < -0.39 is 0 Å². The summed E-state index contributed by atoms with van der Waals surface area (Å²) in [6.45, 7) is 6.94. The van der Waals surface area contributed by atoms with Crippen molar-refractivity contribution in [3.05, 3.63) is 0 Å². The highest BCUT2D eigenvalue weighted by molar-refractivity contribution is 5.98. The molecule has 1 nitrogen and oxygen atoms in total. The predicted molar refractivity (Wildman–Crippen MR) is 174 cm³/mol. The van der Waals surface area contributed by atoms with Crippen LogP contribution in [0.25, 0.3) is 0 Å². The standard InChI is InChI=1S/C35H74OSi/c1-4-7-10-13-16-19-22-25-28-31-34-35(36-37,32-29-26-23-20-17-14-11-8-5-2)33-30-27-24-21-18-15-12-9-6-3/h4-34H2,1-3,37H3. The van der Waals surface area contributed by atoms with E-state index in [-0.39, 0.29) is 5.60 Å². The fourth-order valence-corrected chi connectivity index (χ4v) is 6.74. The summed E-state index contributed by atoms with van der Waals surface area (Å²) in [4.78, 5) is 0. The lowest BCUT2D eigenvalue weighted by Gasteiger charge is -2.34. The van der Waals surface area contributed by atoms with Gasteiger partial charge in [-0.25, -0.2) is 0 Å². The summed E-state index contributed by atoms with van der Waals surface area (Å²) in [6, 6.07) is 0. The normalized spacial score (nSPS) is 12.1. The Morgan fingerprint density at radius 3 is 0.703 bits per heavy atom. The molecule has 0 bridgehead atoms. The minimum absolute atomic E-state index is 0.231. The molecule has 0 unspecified atom stereocenters. The van der Waals surface area contributed by atoms with Crippen LogP contribution in [0.2, 0.25) is 0 Å². The summed E-state index contributed by atoms with van der Waals surface area (Å²) >= 11 is 0. The summed E-state index contributed by atoms with van der Waals surface area (Å²) in [5.41, 5.74) is 0.231. The van der Waals surface area contributed by atoms with E-state index in [1.165, 1.54) is 199 Å². The van der Waals surface area contributed by atoms with Gasteiger partial charge in [0.15, 0.2) is 0 Å². The SMILES string of the molecule is CCCCCCCCCCCCC(CCCCCCCCCCC)(CCCCCCCCCCC)O[SiH3]. The maximum Gasteiger partial charge on any atom is 0.146 e. The Labute approximate surface area is 240 Å². The molecule has 0 aromatic carbocycles. The summed E-state index contributed by atoms with van der Waals surface area (Å²) in [5.74, 6) is 0. The van der Waals surface area contributed by atoms with E-state index in [0.29, 0.717) is 0 Å². The summed E-state index contributed by atoms with van der Waals surface area (Å²) in [7, 11) is 0.909. The van der Waals surface area contributed by atoms with Crippen LogP contribution < -0.4 is 0 Å². The van der Waals surface area contributed by atoms with Gasteiger partial charge in [-0.1, -0.05) is 201 Å². The van der Waals surface area contributed by atoms with Gasteiger partial charge in [0.1, 0.15) is 10.5 Å². The molecule has 0 atom stereocenters. The van der Waals surface area contributed by atoms with E-state index in [2.05, 4.69) is 20.8 Å². The van der Waals surface area contributed by atoms with Crippen LogP contribution in [0.5, 0.6) is 0 Å². The molecule has 0 aliphatic heterocycles. The Bertz CT molecular complexity index is 388. The molecule has 0 saturated carbocycles. The lowest BCUT2D eigenvalue weighted by Crippen LogP contribution is -2.32. The maximum atomic E-state index is 6.50. The largest absolute Gasteiger partial charge is 0.422 e. The van der Waals surface area contributed by atoms with Crippen LogP contribution in [0.15, 0.2) is 0 Å². The van der Waals surface area contributed by atoms with Crippen molar-refractivity contribution in [2.75, 3.05) is 0 Å². The van der Waals surface area contributed by atoms with Gasteiger partial charge in [0, 0.05) is 0 Å². The van der Waals surface area contributed by atoms with Crippen molar-refractivity contribution in [3.63, 3.8) is 0 Å². The monoisotopic (exact) mass is 539 g/mol. The molecular weight excluding hydrogens is 464 g/mol. The molecule has 0 fully saturated rings. The van der Waals surface area contributed by atoms with Crippen molar-refractivity contribution in [1.29, 1.82) is 0 Å². The third kappa shape index (κ3) is 26.2. The van der Waals surface area contributed by atoms with E-state index in [4.69, 9.17) is 4.43 Å². The second kappa shape index (κ2) is 30.7. The average Bonchev–Trinajstić information content (AvgIpc) is 2.91. The zero-order valence-corrected chi connectivity index (χ0v) is 28.8. The Morgan fingerprint density at radius 1 is 0.324 bits per heavy atom. The molecule has 0 amide bonds. The van der Waals surface area contributed by atoms with Crippen molar-refractivity contribution in [2.45, 2.75) is 225 Å². The number of hydrogen-bond donors (Lipinski definition) is 0. The first-order valence-electron chi connectivity index (χ1n) is 17.8. The molecule has 0 heterocycles. The van der Waals surface area contributed by atoms with Crippen LogP contribution in [-0.4, -0.2) is 16.1 Å². The van der Waals surface area contributed by atoms with E-state index in [1.807, 2.05) is 0 Å². The molecule has 37 heavy (non-hydrogen) atoms. The molecule has 0 aliphatic rings. The Kier molecular flexibility index (Phi) is 30.9. The van der Waals surface area contributed by atoms with E-state index in [0.717, 1.165) is 10.5 Å². The summed E-state index contributed by atoms with van der Waals surface area (Å²) < 4.78 is 6.50. The van der Waals surface area contributed by atoms with Gasteiger partial charge >= 0.3 is 0 Å². The molecule has 0 rings (SSSR count). The van der Waals surface area contributed by atoms with Crippen LogP contribution in [0.1, 0.15) is 220 Å². The summed E-state index contributed by atoms with van der Waals surface area (Å²) in [5, 5.41) is 0. The molecule has 0 aromatic rings. The van der Waals surface area contributed by atoms with Gasteiger partial charge in [0.05, 0.1) is 5.60 Å². The van der Waals surface area contributed by atoms with Gasteiger partial charge in [-0.05, 0) is 19.3 Å². The van der Waals surface area contributed by atoms with Gasteiger partial charge in [0.2, 0.25) is 0 Å². The van der Waals surface area contributed by atoms with Gasteiger partial charge in [-0.2, -0.15) is 0 Å². The highest BCUT2D eigenvalue weighted by atomic mass is 28.2. The van der Waals surface area contributed by atoms with E-state index >= 15 is 0 Å². The first kappa shape index (κ1) is 37.2. The number of hydrogen-bond acceptors (Lipinski definition) is 1. The van der Waals surface area contributed by atoms with Gasteiger partial charge in [-0.15, -0.1) is 0 Å². The zero-order valence-electron chi connectivity index (χ0n) is 26.8. The highest BCUT2D eigenvalue weighted by Gasteiger charge is 2.27. The van der Waals surface area contributed by atoms with Crippen molar-refractivity contribution in [2.24, 2.45) is 0 Å². The fourth-order valence-electron chi connectivity index (χ4n) is 6.13. The van der Waals surface area contributed by atoms with Crippen molar-refractivity contribution >= 4 is 10.5 Å². The highest BCUT2D eigenvalue weighted by Crippen LogP contribution is 2.32. The first-order valence-corrected chi connectivity index (χ1v) is 18.6. The van der Waals surface area contributed by atoms with Crippen LogP contribution in [-0.2, 0) is 4.43 Å². The third-order valence-corrected chi connectivity index (χ3v) is 9.76. The fraction of sp³-hybridized carbons (Fsp3) is 1.00. The van der Waals surface area contributed by atoms with Gasteiger partial charge in [0.25, 0.3) is 0 Å². The van der Waals surface area contributed by atoms with Crippen LogP contribution in [0.3, 0.4) is 0 Å². The van der Waals surface area contributed by atoms with Crippen LogP contribution in [0, 0.1) is 0 Å². The Morgan fingerprint density at radius 2 is 0.514 bits per heavy atom. The summed E-state index contributed by atoms with van der Waals surface area (Å²) in [6.07, 6.45) is 44.1. The van der Waals surface area contributed by atoms with Gasteiger partial charge in [-0.3, -0.25) is 0 Å². The lowest BCUT2D eigenvalue weighted by atomic mass is 9.85. The topological polar surface area (TPSA) is 9.23 Å². The maximum absolute atomic E-state index is 6.50.